The lowest BCUT2D eigenvalue weighted by atomic mass is 9.97. The summed E-state index contributed by atoms with van der Waals surface area (Å²) in [5, 5.41) is 9.77. The number of amides is 1. The van der Waals surface area contributed by atoms with Crippen LogP contribution in [0.5, 0.6) is 0 Å². The summed E-state index contributed by atoms with van der Waals surface area (Å²) in [5.74, 6) is -0.185. The van der Waals surface area contributed by atoms with Gasteiger partial charge in [0.2, 0.25) is 15.9 Å². The normalized spacial score (nSPS) is 15.6. The van der Waals surface area contributed by atoms with Crippen molar-refractivity contribution in [3.8, 4) is 0 Å². The predicted molar refractivity (Wildman–Crippen MR) is 141 cm³/mol. The van der Waals surface area contributed by atoms with E-state index in [1.54, 1.807) is 24.3 Å². The van der Waals surface area contributed by atoms with Crippen LogP contribution in [0.2, 0.25) is 0 Å². The van der Waals surface area contributed by atoms with Crippen LogP contribution in [-0.2, 0) is 14.8 Å². The minimum atomic E-state index is -3.82. The molecule has 10 heteroatoms. The number of aromatic nitrogens is 2. The molecule has 186 valence electrons. The van der Waals surface area contributed by atoms with Gasteiger partial charge in [-0.1, -0.05) is 29.4 Å². The van der Waals surface area contributed by atoms with Gasteiger partial charge >= 0.3 is 0 Å². The van der Waals surface area contributed by atoms with Gasteiger partial charge in [0.25, 0.3) is 0 Å². The number of benzene rings is 1. The highest BCUT2D eigenvalue weighted by Gasteiger charge is 2.36. The van der Waals surface area contributed by atoms with Crippen LogP contribution in [0.4, 0.5) is 5.69 Å². The second-order valence-corrected chi connectivity index (χ2v) is 11.7. The Bertz CT molecular complexity index is 1530. The number of piperidine rings is 1. The van der Waals surface area contributed by atoms with E-state index in [9.17, 15) is 13.2 Å². The van der Waals surface area contributed by atoms with Crippen molar-refractivity contribution in [1.82, 2.24) is 14.4 Å². The Labute approximate surface area is 213 Å². The van der Waals surface area contributed by atoms with Gasteiger partial charge in [-0.15, -0.1) is 11.3 Å². The second-order valence-electron chi connectivity index (χ2n) is 8.81. The summed E-state index contributed by atoms with van der Waals surface area (Å²) < 4.78 is 33.7. The van der Waals surface area contributed by atoms with Crippen molar-refractivity contribution in [2.24, 2.45) is 5.92 Å². The van der Waals surface area contributed by atoms with Crippen LogP contribution in [-0.4, -0.2) is 41.9 Å². The van der Waals surface area contributed by atoms with Crippen molar-refractivity contribution in [3.05, 3.63) is 69.9 Å². The van der Waals surface area contributed by atoms with Crippen molar-refractivity contribution in [2.75, 3.05) is 18.4 Å². The van der Waals surface area contributed by atoms with Crippen molar-refractivity contribution in [1.29, 1.82) is 0 Å². The van der Waals surface area contributed by atoms with Crippen molar-refractivity contribution >= 4 is 56.0 Å². The molecule has 36 heavy (non-hydrogen) atoms. The van der Waals surface area contributed by atoms with Gasteiger partial charge in [-0.2, -0.15) is 4.31 Å². The first-order chi connectivity index (χ1) is 17.3. The van der Waals surface area contributed by atoms with Gasteiger partial charge in [-0.3, -0.25) is 9.78 Å². The number of aryl methyl sites for hydroxylation is 2. The Hall–Kier alpha value is -3.34. The summed E-state index contributed by atoms with van der Waals surface area (Å²) in [6, 6.07) is 13.4. The SMILES string of the molecule is Cc1cc(NC(=O)C2CCN(S(=O)(=O)c3c(C)noc3C=Cc3cccs3)CC2)c2ccccc2n1. The highest BCUT2D eigenvalue weighted by Crippen LogP contribution is 2.30. The number of carbonyl (C=O) groups excluding carboxylic acids is 1. The molecule has 0 radical (unpaired) electrons. The Morgan fingerprint density at radius 1 is 1.14 bits per heavy atom. The van der Waals surface area contributed by atoms with E-state index in [2.05, 4.69) is 15.5 Å². The van der Waals surface area contributed by atoms with Crippen LogP contribution in [0.15, 0.2) is 57.3 Å². The zero-order chi connectivity index (χ0) is 25.3. The zero-order valence-electron chi connectivity index (χ0n) is 20.0. The summed E-state index contributed by atoms with van der Waals surface area (Å²) in [5.41, 5.74) is 2.68. The fraction of sp³-hybridized carbons (Fsp3) is 0.269. The first-order valence-corrected chi connectivity index (χ1v) is 14.0. The van der Waals surface area contributed by atoms with E-state index in [1.807, 2.05) is 60.8 Å². The molecule has 4 heterocycles. The van der Waals surface area contributed by atoms with E-state index < -0.39 is 10.0 Å². The molecule has 4 aromatic rings. The second kappa shape index (κ2) is 9.96. The lowest BCUT2D eigenvalue weighted by Crippen LogP contribution is -2.41. The molecule has 0 atom stereocenters. The van der Waals surface area contributed by atoms with Gasteiger partial charge in [-0.05, 0) is 62.4 Å². The van der Waals surface area contributed by atoms with Crippen molar-refractivity contribution < 1.29 is 17.7 Å². The molecular formula is C26H26N4O4S2. The Morgan fingerprint density at radius 3 is 2.67 bits per heavy atom. The number of hydrogen-bond acceptors (Lipinski definition) is 7. The summed E-state index contributed by atoms with van der Waals surface area (Å²) in [4.78, 5) is 18.7. The Morgan fingerprint density at radius 2 is 1.92 bits per heavy atom. The summed E-state index contributed by atoms with van der Waals surface area (Å²) in [6.07, 6.45) is 4.31. The predicted octanol–water partition coefficient (Wildman–Crippen LogP) is 5.11. The molecule has 5 rings (SSSR count). The smallest absolute Gasteiger partial charge is 0.248 e. The topological polar surface area (TPSA) is 105 Å². The minimum absolute atomic E-state index is 0.0805. The van der Waals surface area contributed by atoms with E-state index in [1.165, 1.54) is 4.31 Å². The van der Waals surface area contributed by atoms with Crippen LogP contribution < -0.4 is 5.32 Å². The summed E-state index contributed by atoms with van der Waals surface area (Å²) in [7, 11) is -3.82. The van der Waals surface area contributed by atoms with E-state index in [0.717, 1.165) is 27.2 Å². The maximum absolute atomic E-state index is 13.5. The van der Waals surface area contributed by atoms with E-state index >= 15 is 0 Å². The third-order valence-electron chi connectivity index (χ3n) is 6.30. The number of para-hydroxylation sites is 1. The van der Waals surface area contributed by atoms with Crippen LogP contribution in [0, 0.1) is 19.8 Å². The quantitative estimate of drug-likeness (QED) is 0.377. The molecule has 0 aliphatic carbocycles. The highest BCUT2D eigenvalue weighted by molar-refractivity contribution is 7.89. The standard InChI is InChI=1S/C26H26N4O4S2/c1-17-16-23(21-7-3-4-8-22(21)27-17)28-26(31)19-11-13-30(14-12-19)36(32,33)25-18(2)29-34-24(25)10-9-20-6-5-15-35-20/h3-10,15-16,19H,11-14H2,1-2H3,(H,27,28,31). The Balaban J connectivity index is 1.29. The zero-order valence-corrected chi connectivity index (χ0v) is 21.6. The minimum Gasteiger partial charge on any atom is -0.355 e. The van der Waals surface area contributed by atoms with Crippen LogP contribution >= 0.6 is 11.3 Å². The molecule has 1 aliphatic heterocycles. The van der Waals surface area contributed by atoms with Gasteiger partial charge in [0.15, 0.2) is 10.7 Å². The molecule has 0 saturated carbocycles. The highest BCUT2D eigenvalue weighted by atomic mass is 32.2. The number of hydrogen-bond donors (Lipinski definition) is 1. The lowest BCUT2D eigenvalue weighted by molar-refractivity contribution is -0.120. The third kappa shape index (κ3) is 4.84. The molecule has 1 aliphatic rings. The molecule has 3 aromatic heterocycles. The first-order valence-electron chi connectivity index (χ1n) is 11.7. The molecule has 1 aromatic carbocycles. The molecular weight excluding hydrogens is 496 g/mol. The largest absolute Gasteiger partial charge is 0.355 e. The molecule has 0 unspecified atom stereocenters. The number of nitrogens with one attached hydrogen (secondary N) is 1. The van der Waals surface area contributed by atoms with Crippen molar-refractivity contribution in [3.63, 3.8) is 0 Å². The number of sulfonamides is 1. The fourth-order valence-corrected chi connectivity index (χ4v) is 6.81. The molecule has 1 N–H and O–H groups in total. The number of thiophene rings is 1. The van der Waals surface area contributed by atoms with Crippen LogP contribution in [0.3, 0.4) is 0 Å². The first kappa shape index (κ1) is 24.4. The average molecular weight is 523 g/mol. The van der Waals surface area contributed by atoms with Gasteiger partial charge < -0.3 is 9.84 Å². The maximum atomic E-state index is 13.5. The molecule has 1 saturated heterocycles. The van der Waals surface area contributed by atoms with Gasteiger partial charge in [0, 0.05) is 35.0 Å². The fourth-order valence-electron chi connectivity index (χ4n) is 4.48. The summed E-state index contributed by atoms with van der Waals surface area (Å²) in [6.45, 7) is 4.01. The van der Waals surface area contributed by atoms with E-state index in [4.69, 9.17) is 4.52 Å². The maximum Gasteiger partial charge on any atom is 0.248 e. The number of anilines is 1. The number of fused-ring (bicyclic) bond motifs is 1. The van der Waals surface area contributed by atoms with Crippen molar-refractivity contribution in [2.45, 2.75) is 31.6 Å². The third-order valence-corrected chi connectivity index (χ3v) is 9.20. The number of nitrogens with zero attached hydrogens (tertiary/aromatic N) is 3. The number of carbonyl (C=O) groups is 1. The molecule has 0 bridgehead atoms. The molecule has 1 amide bonds. The molecule has 0 spiro atoms. The Kier molecular flexibility index (Phi) is 6.74. The number of pyridine rings is 1. The van der Waals surface area contributed by atoms with Gasteiger partial charge in [-0.25, -0.2) is 8.42 Å². The van der Waals surface area contributed by atoms with E-state index in [-0.39, 0.29) is 35.6 Å². The monoisotopic (exact) mass is 522 g/mol. The number of rotatable bonds is 6. The van der Waals surface area contributed by atoms with Gasteiger partial charge in [0.05, 0.1) is 11.2 Å². The lowest BCUT2D eigenvalue weighted by Gasteiger charge is -2.30. The average Bonchev–Trinajstić information content (AvgIpc) is 3.52. The van der Waals surface area contributed by atoms with Gasteiger partial charge in [0.1, 0.15) is 5.69 Å². The summed E-state index contributed by atoms with van der Waals surface area (Å²) >= 11 is 1.54. The molecule has 1 fully saturated rings. The van der Waals surface area contributed by atoms with Crippen LogP contribution in [0.25, 0.3) is 23.1 Å². The van der Waals surface area contributed by atoms with E-state index in [0.29, 0.717) is 18.5 Å². The molecule has 8 nitrogen and oxygen atoms in total. The van der Waals surface area contributed by atoms with Crippen LogP contribution in [0.1, 0.15) is 34.9 Å².